The lowest BCUT2D eigenvalue weighted by molar-refractivity contribution is 0.247. The summed E-state index contributed by atoms with van der Waals surface area (Å²) in [5.41, 5.74) is 0.756. The van der Waals surface area contributed by atoms with Crippen molar-refractivity contribution in [2.75, 3.05) is 38.5 Å². The Kier molecular flexibility index (Phi) is 6.00. The third-order valence-electron chi connectivity index (χ3n) is 5.91. The SMILES string of the molecule is CN1CCCN(S(=O)(=O)c2cccc(NC(=O)NC3(c4ccc(F)cc4)CC3)c2)CC1. The van der Waals surface area contributed by atoms with Gasteiger partial charge in [-0.15, -0.1) is 0 Å². The predicted molar refractivity (Wildman–Crippen MR) is 117 cm³/mol. The Labute approximate surface area is 182 Å². The van der Waals surface area contributed by atoms with Crippen molar-refractivity contribution in [3.63, 3.8) is 0 Å². The van der Waals surface area contributed by atoms with Gasteiger partial charge in [0.15, 0.2) is 0 Å². The number of nitrogens with one attached hydrogen (secondary N) is 2. The van der Waals surface area contributed by atoms with Crippen molar-refractivity contribution in [3.8, 4) is 0 Å². The predicted octanol–water partition coefficient (Wildman–Crippen LogP) is 2.96. The number of sulfonamides is 1. The molecule has 2 aliphatic rings. The van der Waals surface area contributed by atoms with E-state index in [0.717, 1.165) is 31.4 Å². The molecule has 2 N–H and O–H groups in total. The number of nitrogens with zero attached hydrogens (tertiary/aromatic N) is 2. The average Bonchev–Trinajstić information content (AvgIpc) is 3.53. The van der Waals surface area contributed by atoms with Crippen LogP contribution in [-0.2, 0) is 15.6 Å². The molecule has 0 aromatic heterocycles. The van der Waals surface area contributed by atoms with Crippen LogP contribution in [0.3, 0.4) is 0 Å². The Bertz CT molecular complexity index is 1050. The molecule has 0 atom stereocenters. The zero-order valence-electron chi connectivity index (χ0n) is 17.5. The Morgan fingerprint density at radius 3 is 2.48 bits per heavy atom. The molecule has 0 unspecified atom stereocenters. The van der Waals surface area contributed by atoms with Gasteiger partial charge in [-0.3, -0.25) is 0 Å². The van der Waals surface area contributed by atoms with Gasteiger partial charge in [0.2, 0.25) is 10.0 Å². The Balaban J connectivity index is 1.45. The largest absolute Gasteiger partial charge is 0.328 e. The second kappa shape index (κ2) is 8.57. The molecule has 1 aliphatic carbocycles. The highest BCUT2D eigenvalue weighted by molar-refractivity contribution is 7.89. The summed E-state index contributed by atoms with van der Waals surface area (Å²) in [4.78, 5) is 14.9. The maximum atomic E-state index is 13.2. The summed E-state index contributed by atoms with van der Waals surface area (Å²) in [6.45, 7) is 2.47. The van der Waals surface area contributed by atoms with Crippen LogP contribution in [0.1, 0.15) is 24.8 Å². The first-order valence-corrected chi connectivity index (χ1v) is 11.9. The molecule has 31 heavy (non-hydrogen) atoms. The summed E-state index contributed by atoms with van der Waals surface area (Å²) in [7, 11) is -1.65. The molecular formula is C22H27FN4O3S. The first kappa shape index (κ1) is 21.7. The lowest BCUT2D eigenvalue weighted by Gasteiger charge is -2.21. The standard InChI is InChI=1S/C22H27FN4O3S/c1-26-12-3-13-27(15-14-26)31(29,30)20-5-2-4-19(16-20)24-21(28)25-22(10-11-22)17-6-8-18(23)9-7-17/h2,4-9,16H,3,10-15H2,1H3,(H2,24,25,28). The van der Waals surface area contributed by atoms with Crippen molar-refractivity contribution < 1.29 is 17.6 Å². The number of likely N-dealkylation sites (N-methyl/N-ethyl adjacent to an activating group) is 1. The summed E-state index contributed by atoms with van der Waals surface area (Å²) in [5.74, 6) is -0.321. The van der Waals surface area contributed by atoms with Crippen LogP contribution in [0.15, 0.2) is 53.4 Å². The number of benzene rings is 2. The minimum Gasteiger partial charge on any atom is -0.328 e. The normalized spacial score (nSPS) is 19.4. The number of hydrogen-bond acceptors (Lipinski definition) is 4. The number of hydrogen-bond donors (Lipinski definition) is 2. The number of anilines is 1. The van der Waals surface area contributed by atoms with Gasteiger partial charge in [-0.1, -0.05) is 18.2 Å². The lowest BCUT2D eigenvalue weighted by Crippen LogP contribution is -2.38. The van der Waals surface area contributed by atoms with Crippen LogP contribution in [-0.4, -0.2) is 56.9 Å². The van der Waals surface area contributed by atoms with Crippen LogP contribution in [0, 0.1) is 5.82 Å². The quantitative estimate of drug-likeness (QED) is 0.740. The molecule has 0 radical (unpaired) electrons. The summed E-state index contributed by atoms with van der Waals surface area (Å²) in [5, 5.41) is 5.69. The highest BCUT2D eigenvalue weighted by Crippen LogP contribution is 2.45. The van der Waals surface area contributed by atoms with E-state index in [2.05, 4.69) is 15.5 Å². The summed E-state index contributed by atoms with van der Waals surface area (Å²) < 4.78 is 40.9. The van der Waals surface area contributed by atoms with E-state index in [-0.39, 0.29) is 10.7 Å². The third-order valence-corrected chi connectivity index (χ3v) is 7.80. The van der Waals surface area contributed by atoms with Crippen LogP contribution >= 0.6 is 0 Å². The Morgan fingerprint density at radius 2 is 1.77 bits per heavy atom. The molecule has 166 valence electrons. The fourth-order valence-electron chi connectivity index (χ4n) is 3.91. The molecular weight excluding hydrogens is 419 g/mol. The highest BCUT2D eigenvalue weighted by atomic mass is 32.2. The maximum absolute atomic E-state index is 13.2. The monoisotopic (exact) mass is 446 g/mol. The van der Waals surface area contributed by atoms with Crippen molar-refractivity contribution in [1.29, 1.82) is 0 Å². The van der Waals surface area contributed by atoms with E-state index in [0.29, 0.717) is 25.3 Å². The van der Waals surface area contributed by atoms with Gasteiger partial charge in [-0.05, 0) is 68.8 Å². The molecule has 2 fully saturated rings. The minimum atomic E-state index is -3.64. The molecule has 1 saturated carbocycles. The Hall–Kier alpha value is -2.49. The molecule has 1 heterocycles. The fourth-order valence-corrected chi connectivity index (χ4v) is 5.42. The van der Waals surface area contributed by atoms with Gasteiger partial charge in [0.25, 0.3) is 0 Å². The minimum absolute atomic E-state index is 0.162. The number of amides is 2. The van der Waals surface area contributed by atoms with Crippen LogP contribution in [0.2, 0.25) is 0 Å². The molecule has 9 heteroatoms. The van der Waals surface area contributed by atoms with Crippen molar-refractivity contribution in [2.45, 2.75) is 29.7 Å². The highest BCUT2D eigenvalue weighted by Gasteiger charge is 2.45. The van der Waals surface area contributed by atoms with E-state index < -0.39 is 21.6 Å². The summed E-state index contributed by atoms with van der Waals surface area (Å²) >= 11 is 0. The van der Waals surface area contributed by atoms with Gasteiger partial charge in [0, 0.05) is 25.3 Å². The van der Waals surface area contributed by atoms with E-state index in [9.17, 15) is 17.6 Å². The van der Waals surface area contributed by atoms with E-state index in [1.807, 2.05) is 7.05 Å². The third kappa shape index (κ3) is 4.89. The van der Waals surface area contributed by atoms with Gasteiger partial charge in [-0.25, -0.2) is 17.6 Å². The van der Waals surface area contributed by atoms with Crippen molar-refractivity contribution in [1.82, 2.24) is 14.5 Å². The summed E-state index contributed by atoms with van der Waals surface area (Å²) in [6.07, 6.45) is 2.31. The molecule has 2 aromatic carbocycles. The molecule has 4 rings (SSSR count). The number of urea groups is 1. The molecule has 0 bridgehead atoms. The summed E-state index contributed by atoms with van der Waals surface area (Å²) in [6, 6.07) is 12.0. The first-order valence-electron chi connectivity index (χ1n) is 10.4. The molecule has 2 amide bonds. The topological polar surface area (TPSA) is 81.8 Å². The Morgan fingerprint density at radius 1 is 1.03 bits per heavy atom. The second-order valence-corrected chi connectivity index (χ2v) is 10.2. The van der Waals surface area contributed by atoms with Crippen molar-refractivity contribution in [3.05, 3.63) is 59.9 Å². The molecule has 1 aliphatic heterocycles. The zero-order valence-corrected chi connectivity index (χ0v) is 18.3. The van der Waals surface area contributed by atoms with Gasteiger partial charge < -0.3 is 15.5 Å². The number of carbonyl (C=O) groups is 1. The van der Waals surface area contributed by atoms with Crippen molar-refractivity contribution in [2.24, 2.45) is 0 Å². The van der Waals surface area contributed by atoms with Gasteiger partial charge in [-0.2, -0.15) is 4.31 Å². The van der Waals surface area contributed by atoms with Crippen LogP contribution < -0.4 is 10.6 Å². The number of carbonyl (C=O) groups excluding carboxylic acids is 1. The lowest BCUT2D eigenvalue weighted by atomic mass is 10.1. The fraction of sp³-hybridized carbons (Fsp3) is 0.409. The molecule has 7 nitrogen and oxygen atoms in total. The van der Waals surface area contributed by atoms with Gasteiger partial charge >= 0.3 is 6.03 Å². The van der Waals surface area contributed by atoms with E-state index in [1.165, 1.54) is 22.5 Å². The van der Waals surface area contributed by atoms with Crippen molar-refractivity contribution >= 4 is 21.7 Å². The molecule has 0 spiro atoms. The maximum Gasteiger partial charge on any atom is 0.319 e. The molecule has 2 aromatic rings. The van der Waals surface area contributed by atoms with E-state index >= 15 is 0 Å². The average molecular weight is 447 g/mol. The van der Waals surface area contributed by atoms with Crippen LogP contribution in [0.4, 0.5) is 14.9 Å². The zero-order chi connectivity index (χ0) is 22.1. The smallest absolute Gasteiger partial charge is 0.319 e. The van der Waals surface area contributed by atoms with Gasteiger partial charge in [0.05, 0.1) is 10.4 Å². The first-order chi connectivity index (χ1) is 14.8. The second-order valence-electron chi connectivity index (χ2n) is 8.26. The van der Waals surface area contributed by atoms with E-state index in [1.54, 1.807) is 30.3 Å². The number of rotatable bonds is 5. The van der Waals surface area contributed by atoms with Gasteiger partial charge in [0.1, 0.15) is 5.82 Å². The molecule has 1 saturated heterocycles. The van der Waals surface area contributed by atoms with E-state index in [4.69, 9.17) is 0 Å². The number of halogens is 1. The van der Waals surface area contributed by atoms with Crippen LogP contribution in [0.5, 0.6) is 0 Å². The van der Waals surface area contributed by atoms with Crippen LogP contribution in [0.25, 0.3) is 0 Å².